The summed E-state index contributed by atoms with van der Waals surface area (Å²) < 4.78 is 158. The van der Waals surface area contributed by atoms with Gasteiger partial charge in [-0.1, -0.05) is 0 Å². The van der Waals surface area contributed by atoms with Gasteiger partial charge in [-0.05, 0) is 6.92 Å². The normalized spacial score (nSPS) is 22.4. The van der Waals surface area contributed by atoms with Crippen molar-refractivity contribution in [3.05, 3.63) is 0 Å². The topological polar surface area (TPSA) is 334 Å². The second-order valence-corrected chi connectivity index (χ2v) is 11.1. The zero-order valence-electron chi connectivity index (χ0n) is 23.5. The van der Waals surface area contributed by atoms with Crippen LogP contribution in [0.3, 0.4) is 0 Å². The fraction of sp³-hybridized carbons (Fsp3) is 0.846. The second kappa shape index (κ2) is 22.1. The van der Waals surface area contributed by atoms with Crippen LogP contribution in [0.4, 0.5) is 0 Å². The van der Waals surface area contributed by atoms with Crippen molar-refractivity contribution in [1.29, 1.82) is 0 Å². The number of hydrogen-bond acceptors (Lipinski definition) is 20. The molecule has 1 aliphatic heterocycles. The summed E-state index contributed by atoms with van der Waals surface area (Å²) in [5.41, 5.74) is 0. The van der Waals surface area contributed by atoms with Gasteiger partial charge in [0, 0.05) is 20.2 Å². The monoisotopic (exact) mass is 744 g/mol. The molecule has 0 spiro atoms. The van der Waals surface area contributed by atoms with Gasteiger partial charge in [0.1, 0.15) is 24.9 Å². The number of hydrogen-bond donors (Lipinski definition) is 1. The number of carbonyl (C=O) groups excluding carboxylic acids is 2. The van der Waals surface area contributed by atoms with E-state index in [0.717, 1.165) is 7.11 Å². The van der Waals surface area contributed by atoms with E-state index in [4.69, 9.17) is 9.47 Å². The number of amides is 2. The summed E-state index contributed by atoms with van der Waals surface area (Å²) >= 11 is 0. The molecule has 0 aromatic carbocycles. The number of nitrogens with one attached hydrogen (secondary N) is 1. The predicted octanol–water partition coefficient (Wildman–Crippen LogP) is -17.6. The molecule has 22 nitrogen and oxygen atoms in total. The van der Waals surface area contributed by atoms with Crippen molar-refractivity contribution in [1.82, 2.24) is 10.2 Å². The van der Waals surface area contributed by atoms with Crippen molar-refractivity contribution in [2.75, 3.05) is 33.4 Å². The molecule has 2 amide bonds. The Bertz CT molecular complexity index is 1310. The first-order valence-electron chi connectivity index (χ1n) is 9.80. The Kier molecular flexibility index (Phi) is 26.9. The molecule has 0 unspecified atom stereocenters. The third-order valence-corrected chi connectivity index (χ3v) is 6.19. The average molecular weight is 745 g/mol. The van der Waals surface area contributed by atoms with E-state index in [1.807, 2.05) is 5.32 Å². The van der Waals surface area contributed by atoms with E-state index < -0.39 is 104 Å². The molecule has 0 aliphatic carbocycles. The summed E-state index contributed by atoms with van der Waals surface area (Å²) in [5, 5.41) is 2.04. The van der Waals surface area contributed by atoms with Crippen molar-refractivity contribution < 1.29 is 206 Å². The minimum atomic E-state index is -5.86. The number of methoxy groups -OCH3 is 1. The molecule has 30 heteroatoms. The number of carbonyl (C=O) groups is 2. The van der Waals surface area contributed by atoms with Crippen LogP contribution >= 0.6 is 0 Å². The molecule has 1 saturated heterocycles. The smallest absolute Gasteiger partial charge is 0.726 e. The predicted molar refractivity (Wildman–Crippen MR) is 110 cm³/mol. The summed E-state index contributed by atoms with van der Waals surface area (Å²) in [4.78, 5) is 24.9. The van der Waals surface area contributed by atoms with E-state index >= 15 is 0 Å². The maximum Gasteiger partial charge on any atom is 1.00 e. The number of ether oxygens (including phenoxy) is 2. The molecular formula is C13H20N2Na4O20S4. The molecule has 1 heterocycles. The van der Waals surface area contributed by atoms with Crippen molar-refractivity contribution in [3.63, 3.8) is 0 Å². The van der Waals surface area contributed by atoms with Crippen LogP contribution in [-0.4, -0.2) is 133 Å². The van der Waals surface area contributed by atoms with Gasteiger partial charge in [0.25, 0.3) is 5.91 Å². The third-order valence-electron chi connectivity index (χ3n) is 4.41. The standard InChI is InChI=1S/C13H24N2O20S4.4Na/c1-3-15(9(17)6-31-36(18,19)20)5-8(16)14-4-7-10(33-37(21,22)23)11(34-38(24,25)26)12(13(30-2)32-7)35-39(27,28)29;;;;/h7,10-13H,3-6H2,1-2H3,(H,14,16)(H,18,19,20)(H,21,22,23)(H,24,25,26)(H,27,28,29);;;;/q;4*+1/p-4/t7-,10-,11+,12+,13+;;;;/m1..../s1. The van der Waals surface area contributed by atoms with E-state index in [0.29, 0.717) is 4.90 Å². The number of rotatable bonds is 15. The largest absolute Gasteiger partial charge is 1.00 e. The average Bonchev–Trinajstić information content (AvgIpc) is 2.74. The molecular weight excluding hydrogens is 724 g/mol. The maximum atomic E-state index is 12.3. The number of likely N-dealkylation sites (N-methyl/N-ethyl adjacent to an activating group) is 1. The first kappa shape index (κ1) is 52.2. The minimum absolute atomic E-state index is 0. The fourth-order valence-electron chi connectivity index (χ4n) is 3.00. The molecule has 0 aromatic heterocycles. The Balaban J connectivity index is -0.00000190. The maximum absolute atomic E-state index is 12.3. The summed E-state index contributed by atoms with van der Waals surface area (Å²) in [6.45, 7) is -1.91. The quantitative estimate of drug-likeness (QED) is 0.0924. The van der Waals surface area contributed by atoms with Gasteiger partial charge in [-0.25, -0.2) is 33.7 Å². The molecule has 0 saturated carbocycles. The summed E-state index contributed by atoms with van der Waals surface area (Å²) in [7, 11) is -21.9. The Labute approximate surface area is 335 Å². The Hall–Kier alpha value is 2.34. The van der Waals surface area contributed by atoms with Gasteiger partial charge in [0.15, 0.2) is 12.4 Å². The third kappa shape index (κ3) is 21.8. The molecule has 0 aromatic rings. The summed E-state index contributed by atoms with van der Waals surface area (Å²) in [6, 6.07) is 0. The van der Waals surface area contributed by atoms with Gasteiger partial charge in [0.2, 0.25) is 47.5 Å². The van der Waals surface area contributed by atoms with Gasteiger partial charge >= 0.3 is 118 Å². The van der Waals surface area contributed by atoms with Gasteiger partial charge in [-0.15, -0.1) is 0 Å². The molecule has 1 aliphatic rings. The number of nitrogens with zero attached hydrogens (tertiary/aromatic N) is 1. The van der Waals surface area contributed by atoms with Crippen LogP contribution in [0.2, 0.25) is 0 Å². The van der Waals surface area contributed by atoms with Crippen LogP contribution in [0, 0.1) is 0 Å². The summed E-state index contributed by atoms with van der Waals surface area (Å²) in [6.07, 6.45) is -11.9. The van der Waals surface area contributed by atoms with Crippen LogP contribution in [0.15, 0.2) is 0 Å². The Morgan fingerprint density at radius 3 is 1.60 bits per heavy atom. The van der Waals surface area contributed by atoms with E-state index in [9.17, 15) is 61.5 Å². The molecule has 0 bridgehead atoms. The first-order valence-corrected chi connectivity index (χ1v) is 15.1. The Morgan fingerprint density at radius 1 is 0.767 bits per heavy atom. The van der Waals surface area contributed by atoms with Crippen LogP contribution < -0.4 is 124 Å². The SMILES string of the molecule is CCN(CC(=O)NC[C@H]1O[C@H](OC)[C@@H](OS(=O)(=O)[O-])[C@@H](OS(=O)(=O)[O-])[C@@H]1OS(=O)(=O)[O-])C(=O)COS(=O)(=O)[O-].[Na+].[Na+].[Na+].[Na+]. The van der Waals surface area contributed by atoms with Gasteiger partial charge in [-0.2, -0.15) is 0 Å². The zero-order chi connectivity index (χ0) is 30.4. The second-order valence-electron chi connectivity index (χ2n) is 7.07. The van der Waals surface area contributed by atoms with E-state index in [1.165, 1.54) is 6.92 Å². The van der Waals surface area contributed by atoms with Crippen molar-refractivity contribution in [2.24, 2.45) is 0 Å². The zero-order valence-corrected chi connectivity index (χ0v) is 34.7. The fourth-order valence-corrected chi connectivity index (χ4v) is 4.72. The van der Waals surface area contributed by atoms with E-state index in [2.05, 4.69) is 16.7 Å². The molecule has 0 radical (unpaired) electrons. The molecule has 1 fully saturated rings. The molecule has 43 heavy (non-hydrogen) atoms. The molecule has 1 rings (SSSR count). The van der Waals surface area contributed by atoms with Crippen LogP contribution in [0.1, 0.15) is 6.92 Å². The Morgan fingerprint density at radius 2 is 1.21 bits per heavy atom. The summed E-state index contributed by atoms with van der Waals surface area (Å²) in [5.74, 6) is -2.22. The van der Waals surface area contributed by atoms with Crippen LogP contribution in [0.5, 0.6) is 0 Å². The van der Waals surface area contributed by atoms with Crippen molar-refractivity contribution in [2.45, 2.75) is 37.6 Å². The van der Waals surface area contributed by atoms with Crippen LogP contribution in [-0.2, 0) is 77.4 Å². The van der Waals surface area contributed by atoms with E-state index in [1.54, 1.807) is 0 Å². The van der Waals surface area contributed by atoms with Gasteiger partial charge < -0.3 is 37.9 Å². The minimum Gasteiger partial charge on any atom is -0.726 e. The van der Waals surface area contributed by atoms with Gasteiger partial charge in [0.05, 0.1) is 6.54 Å². The molecule has 1 N–H and O–H groups in total. The van der Waals surface area contributed by atoms with Crippen molar-refractivity contribution in [3.8, 4) is 0 Å². The van der Waals surface area contributed by atoms with Gasteiger partial charge in [-0.3, -0.25) is 26.3 Å². The molecule has 230 valence electrons. The van der Waals surface area contributed by atoms with Crippen LogP contribution in [0.25, 0.3) is 0 Å². The van der Waals surface area contributed by atoms with Crippen molar-refractivity contribution >= 4 is 53.4 Å². The van der Waals surface area contributed by atoms with E-state index in [-0.39, 0.29) is 125 Å². The first-order chi connectivity index (χ1) is 17.5. The molecule has 5 atom stereocenters.